The Morgan fingerprint density at radius 3 is 2.89 bits per heavy atom. The Morgan fingerprint density at radius 2 is 2.16 bits per heavy atom. The third-order valence-electron chi connectivity index (χ3n) is 2.89. The van der Waals surface area contributed by atoms with Gasteiger partial charge in [-0.2, -0.15) is 11.8 Å². The van der Waals surface area contributed by atoms with E-state index in [1.807, 2.05) is 0 Å². The van der Waals surface area contributed by atoms with Gasteiger partial charge in [0.25, 0.3) is 0 Å². The number of nitrogens with two attached hydrogens (primary N) is 1. The third-order valence-corrected chi connectivity index (χ3v) is 4.17. The largest absolute Gasteiger partial charge is 0.308 e. The lowest BCUT2D eigenvalue weighted by molar-refractivity contribution is 0.628. The molecule has 7 heteroatoms. The standard InChI is InChI=1S/C12H10ClFN4S/c13-8-2-1-6(3-9(8)14)11-16-10-5-19-4-7(10)12(17-11)18-15/h1-3H,4-5,15H2,(H,16,17,18). The van der Waals surface area contributed by atoms with Gasteiger partial charge in [0, 0.05) is 22.6 Å². The van der Waals surface area contributed by atoms with E-state index >= 15 is 0 Å². The molecule has 0 saturated heterocycles. The summed E-state index contributed by atoms with van der Waals surface area (Å²) >= 11 is 7.42. The maximum absolute atomic E-state index is 13.5. The van der Waals surface area contributed by atoms with Gasteiger partial charge in [0.1, 0.15) is 11.6 Å². The fourth-order valence-electron chi connectivity index (χ4n) is 1.93. The minimum absolute atomic E-state index is 0.0811. The van der Waals surface area contributed by atoms with Gasteiger partial charge in [-0.25, -0.2) is 20.2 Å². The molecule has 98 valence electrons. The molecule has 0 fully saturated rings. The number of rotatable bonds is 2. The van der Waals surface area contributed by atoms with Crippen LogP contribution in [0, 0.1) is 5.82 Å². The first-order valence-corrected chi connectivity index (χ1v) is 7.12. The Bertz CT molecular complexity index is 650. The van der Waals surface area contributed by atoms with Gasteiger partial charge >= 0.3 is 0 Å². The number of nitrogens with one attached hydrogen (secondary N) is 1. The van der Waals surface area contributed by atoms with E-state index in [-0.39, 0.29) is 5.02 Å². The van der Waals surface area contributed by atoms with Crippen molar-refractivity contribution in [2.75, 3.05) is 5.43 Å². The van der Waals surface area contributed by atoms with E-state index in [0.29, 0.717) is 17.2 Å². The molecule has 19 heavy (non-hydrogen) atoms. The van der Waals surface area contributed by atoms with E-state index in [4.69, 9.17) is 17.4 Å². The molecule has 0 atom stereocenters. The predicted octanol–water partition coefficient (Wildman–Crippen LogP) is 2.97. The lowest BCUT2D eigenvalue weighted by Crippen LogP contribution is -2.12. The number of hydrazine groups is 1. The minimum Gasteiger partial charge on any atom is -0.308 e. The summed E-state index contributed by atoms with van der Waals surface area (Å²) in [5.74, 6) is 7.69. The van der Waals surface area contributed by atoms with Gasteiger partial charge < -0.3 is 5.43 Å². The molecule has 0 unspecified atom stereocenters. The lowest BCUT2D eigenvalue weighted by atomic mass is 10.2. The van der Waals surface area contributed by atoms with Crippen molar-refractivity contribution >= 4 is 29.2 Å². The number of nitrogen functional groups attached to an aromatic ring is 1. The van der Waals surface area contributed by atoms with Gasteiger partial charge in [-0.05, 0) is 18.2 Å². The van der Waals surface area contributed by atoms with Crippen LogP contribution >= 0.6 is 23.4 Å². The number of halogens is 2. The molecule has 2 aromatic rings. The first-order valence-electron chi connectivity index (χ1n) is 5.58. The number of hydrogen-bond acceptors (Lipinski definition) is 5. The zero-order valence-corrected chi connectivity index (χ0v) is 11.4. The van der Waals surface area contributed by atoms with Crippen molar-refractivity contribution in [3.05, 3.63) is 40.3 Å². The van der Waals surface area contributed by atoms with Gasteiger partial charge in [0.2, 0.25) is 0 Å². The van der Waals surface area contributed by atoms with Gasteiger partial charge in [0.15, 0.2) is 5.82 Å². The van der Waals surface area contributed by atoms with Crippen LogP contribution in [0.25, 0.3) is 11.4 Å². The van der Waals surface area contributed by atoms with Crippen LogP contribution in [-0.2, 0) is 11.5 Å². The zero-order valence-electron chi connectivity index (χ0n) is 9.78. The molecule has 1 aromatic heterocycles. The smallest absolute Gasteiger partial charge is 0.161 e. The SMILES string of the molecule is NNc1nc(-c2ccc(Cl)c(F)c2)nc2c1CSC2. The molecule has 3 N–H and O–H groups in total. The molecule has 0 bridgehead atoms. The van der Waals surface area contributed by atoms with Crippen molar-refractivity contribution in [2.24, 2.45) is 5.84 Å². The van der Waals surface area contributed by atoms with Crippen LogP contribution in [0.5, 0.6) is 0 Å². The highest BCUT2D eigenvalue weighted by atomic mass is 35.5. The van der Waals surface area contributed by atoms with Crippen LogP contribution in [0.15, 0.2) is 18.2 Å². The fourth-order valence-corrected chi connectivity index (χ4v) is 3.09. The summed E-state index contributed by atoms with van der Waals surface area (Å²) in [6, 6.07) is 4.51. The predicted molar refractivity (Wildman–Crippen MR) is 75.2 cm³/mol. The summed E-state index contributed by atoms with van der Waals surface area (Å²) in [6.45, 7) is 0. The number of nitrogens with zero attached hydrogens (tertiary/aromatic N) is 2. The van der Waals surface area contributed by atoms with Gasteiger partial charge in [-0.15, -0.1) is 0 Å². The monoisotopic (exact) mass is 296 g/mol. The summed E-state index contributed by atoms with van der Waals surface area (Å²) in [4.78, 5) is 8.80. The molecule has 0 spiro atoms. The Labute approximate surface area is 118 Å². The normalized spacial score (nSPS) is 13.4. The highest BCUT2D eigenvalue weighted by molar-refractivity contribution is 7.98. The van der Waals surface area contributed by atoms with Crippen LogP contribution in [0.3, 0.4) is 0 Å². The number of aromatic nitrogens is 2. The number of fused-ring (bicyclic) bond motifs is 1. The van der Waals surface area contributed by atoms with E-state index in [1.54, 1.807) is 17.8 Å². The number of benzene rings is 1. The molecule has 1 aliphatic rings. The van der Waals surface area contributed by atoms with Crippen LogP contribution < -0.4 is 11.3 Å². The van der Waals surface area contributed by atoms with Gasteiger partial charge in [-0.3, -0.25) is 0 Å². The number of thioether (sulfide) groups is 1. The molecule has 1 aliphatic heterocycles. The van der Waals surface area contributed by atoms with Crippen LogP contribution in [0.1, 0.15) is 11.3 Å². The van der Waals surface area contributed by atoms with Crippen LogP contribution in [0.2, 0.25) is 5.02 Å². The Kier molecular flexibility index (Phi) is 3.30. The van der Waals surface area contributed by atoms with Crippen molar-refractivity contribution in [3.63, 3.8) is 0 Å². The molecule has 4 nitrogen and oxygen atoms in total. The quantitative estimate of drug-likeness (QED) is 0.659. The van der Waals surface area contributed by atoms with Gasteiger partial charge in [-0.1, -0.05) is 11.6 Å². The molecule has 3 rings (SSSR count). The number of hydrogen-bond donors (Lipinski definition) is 2. The van der Waals surface area contributed by atoms with E-state index in [0.717, 1.165) is 22.8 Å². The second kappa shape index (κ2) is 4.96. The molecule has 0 aliphatic carbocycles. The number of anilines is 1. The van der Waals surface area contributed by atoms with Crippen molar-refractivity contribution in [3.8, 4) is 11.4 Å². The molecule has 1 aromatic carbocycles. The summed E-state index contributed by atoms with van der Waals surface area (Å²) in [5.41, 5.74) is 5.12. The highest BCUT2D eigenvalue weighted by Gasteiger charge is 2.20. The topological polar surface area (TPSA) is 63.8 Å². The third kappa shape index (κ3) is 2.27. The fraction of sp³-hybridized carbons (Fsp3) is 0.167. The first kappa shape index (κ1) is 12.7. The highest BCUT2D eigenvalue weighted by Crippen LogP contribution is 2.34. The maximum Gasteiger partial charge on any atom is 0.161 e. The second-order valence-corrected chi connectivity index (χ2v) is 5.48. The van der Waals surface area contributed by atoms with Crippen LogP contribution in [-0.4, -0.2) is 9.97 Å². The lowest BCUT2D eigenvalue weighted by Gasteiger charge is -2.09. The minimum atomic E-state index is -0.486. The summed E-state index contributed by atoms with van der Waals surface area (Å²) in [6.07, 6.45) is 0. The van der Waals surface area contributed by atoms with E-state index in [9.17, 15) is 4.39 Å². The van der Waals surface area contributed by atoms with E-state index in [1.165, 1.54) is 12.1 Å². The second-order valence-electron chi connectivity index (χ2n) is 4.09. The first-order chi connectivity index (χ1) is 9.19. The summed E-state index contributed by atoms with van der Waals surface area (Å²) < 4.78 is 13.5. The van der Waals surface area contributed by atoms with Gasteiger partial charge in [0.05, 0.1) is 10.7 Å². The molecule has 0 amide bonds. The maximum atomic E-state index is 13.5. The Morgan fingerprint density at radius 1 is 1.32 bits per heavy atom. The molecule has 0 saturated carbocycles. The van der Waals surface area contributed by atoms with Crippen molar-refractivity contribution in [2.45, 2.75) is 11.5 Å². The average molecular weight is 297 g/mol. The molecule has 2 heterocycles. The summed E-state index contributed by atoms with van der Waals surface area (Å²) in [7, 11) is 0. The van der Waals surface area contributed by atoms with E-state index < -0.39 is 5.82 Å². The summed E-state index contributed by atoms with van der Waals surface area (Å²) in [5, 5.41) is 0.0811. The molecular weight excluding hydrogens is 287 g/mol. The van der Waals surface area contributed by atoms with Crippen LogP contribution in [0.4, 0.5) is 10.2 Å². The van der Waals surface area contributed by atoms with Crippen molar-refractivity contribution in [1.29, 1.82) is 0 Å². The molecule has 0 radical (unpaired) electrons. The van der Waals surface area contributed by atoms with E-state index in [2.05, 4.69) is 15.4 Å². The zero-order chi connectivity index (χ0) is 13.4. The Balaban J connectivity index is 2.12. The molecular formula is C12H10ClFN4S. The average Bonchev–Trinajstić information content (AvgIpc) is 2.89. The Hall–Kier alpha value is -1.37. The van der Waals surface area contributed by atoms with Crippen molar-refractivity contribution < 1.29 is 4.39 Å². The van der Waals surface area contributed by atoms with Crippen molar-refractivity contribution in [1.82, 2.24) is 9.97 Å².